The van der Waals surface area contributed by atoms with Crippen LogP contribution in [0.1, 0.15) is 28.2 Å². The molecule has 0 aliphatic rings. The molecule has 1 aromatic heterocycles. The third-order valence-electron chi connectivity index (χ3n) is 4.65. The largest absolute Gasteiger partial charge is 0.403 e. The second kappa shape index (κ2) is 8.10. The van der Waals surface area contributed by atoms with Gasteiger partial charge in [-0.2, -0.15) is 0 Å². The monoisotopic (exact) mass is 383 g/mol. The molecule has 0 aliphatic carbocycles. The number of hydrogen-bond acceptors (Lipinski definition) is 4. The van der Waals surface area contributed by atoms with E-state index in [-0.39, 0.29) is 11.9 Å². The molecular weight excluding hydrogens is 362 g/mol. The summed E-state index contributed by atoms with van der Waals surface area (Å²) < 4.78 is 5.72. The first kappa shape index (κ1) is 18.6. The van der Waals surface area contributed by atoms with E-state index in [9.17, 15) is 4.79 Å². The quantitative estimate of drug-likeness (QED) is 0.519. The summed E-state index contributed by atoms with van der Waals surface area (Å²) in [4.78, 5) is 13.1. The van der Waals surface area contributed by atoms with Crippen LogP contribution in [0.2, 0.25) is 0 Å². The second-order valence-electron chi connectivity index (χ2n) is 7.03. The lowest BCUT2D eigenvalue weighted by Gasteiger charge is -2.16. The molecule has 4 rings (SSSR count). The molecule has 0 bridgehead atoms. The number of nitrogens with zero attached hydrogens (tertiary/aromatic N) is 2. The number of carbonyl (C=O) groups is 1. The van der Waals surface area contributed by atoms with E-state index in [1.54, 1.807) is 0 Å². The van der Waals surface area contributed by atoms with E-state index in [0.717, 1.165) is 27.8 Å². The number of anilines is 1. The summed E-state index contributed by atoms with van der Waals surface area (Å²) in [5.41, 5.74) is 4.84. The van der Waals surface area contributed by atoms with Crippen LogP contribution in [-0.4, -0.2) is 16.1 Å². The molecule has 4 aromatic rings. The van der Waals surface area contributed by atoms with Crippen molar-refractivity contribution in [3.05, 3.63) is 101 Å². The Hall–Kier alpha value is -3.73. The molecule has 29 heavy (non-hydrogen) atoms. The molecule has 3 aromatic carbocycles. The van der Waals surface area contributed by atoms with Gasteiger partial charge in [0.2, 0.25) is 11.8 Å². The molecule has 5 nitrogen and oxygen atoms in total. The van der Waals surface area contributed by atoms with Crippen molar-refractivity contribution in [3.63, 3.8) is 0 Å². The van der Waals surface area contributed by atoms with Gasteiger partial charge in [-0.15, -0.1) is 5.10 Å². The van der Waals surface area contributed by atoms with Crippen molar-refractivity contribution in [2.75, 3.05) is 5.32 Å². The van der Waals surface area contributed by atoms with Crippen LogP contribution in [0.25, 0.3) is 11.5 Å². The van der Waals surface area contributed by atoms with Crippen LogP contribution < -0.4 is 5.32 Å². The van der Waals surface area contributed by atoms with Crippen LogP contribution in [-0.2, 0) is 4.79 Å². The number of carbonyl (C=O) groups excluding carboxylic acids is 1. The third-order valence-corrected chi connectivity index (χ3v) is 4.65. The highest BCUT2D eigenvalue weighted by atomic mass is 16.4. The molecule has 0 saturated heterocycles. The molecule has 0 saturated carbocycles. The van der Waals surface area contributed by atoms with E-state index in [4.69, 9.17) is 4.42 Å². The second-order valence-corrected chi connectivity index (χ2v) is 7.03. The van der Waals surface area contributed by atoms with E-state index >= 15 is 0 Å². The molecule has 0 radical (unpaired) electrons. The zero-order chi connectivity index (χ0) is 20.2. The predicted molar refractivity (Wildman–Crippen MR) is 113 cm³/mol. The number of hydrogen-bond donors (Lipinski definition) is 1. The number of rotatable bonds is 5. The van der Waals surface area contributed by atoms with E-state index in [2.05, 4.69) is 21.6 Å². The summed E-state index contributed by atoms with van der Waals surface area (Å²) in [6, 6.07) is 25.4. The Morgan fingerprint density at radius 3 is 1.93 bits per heavy atom. The first-order valence-electron chi connectivity index (χ1n) is 9.43. The van der Waals surface area contributed by atoms with Crippen molar-refractivity contribution in [1.82, 2.24) is 10.2 Å². The fraction of sp³-hybridized carbons (Fsp3) is 0.125. The smallest absolute Gasteiger partial charge is 0.322 e. The molecular formula is C24H21N3O2. The zero-order valence-electron chi connectivity index (χ0n) is 16.3. The van der Waals surface area contributed by atoms with E-state index in [1.807, 2.05) is 86.6 Å². The van der Waals surface area contributed by atoms with Crippen LogP contribution >= 0.6 is 0 Å². The summed E-state index contributed by atoms with van der Waals surface area (Å²) in [6.45, 7) is 4.03. The highest BCUT2D eigenvalue weighted by molar-refractivity contribution is 5.96. The highest BCUT2D eigenvalue weighted by Gasteiger charge is 2.24. The maximum absolute atomic E-state index is 13.1. The fourth-order valence-corrected chi connectivity index (χ4v) is 3.45. The van der Waals surface area contributed by atoms with E-state index in [0.29, 0.717) is 5.89 Å². The van der Waals surface area contributed by atoms with Gasteiger partial charge in [0.25, 0.3) is 0 Å². The minimum Gasteiger partial charge on any atom is -0.403 e. The number of benzene rings is 3. The van der Waals surface area contributed by atoms with Crippen LogP contribution in [0.3, 0.4) is 0 Å². The summed E-state index contributed by atoms with van der Waals surface area (Å²) >= 11 is 0. The van der Waals surface area contributed by atoms with Crippen LogP contribution in [0.4, 0.5) is 6.01 Å². The Kier molecular flexibility index (Phi) is 5.20. The molecule has 0 unspecified atom stereocenters. The number of amides is 1. The Balaban J connectivity index is 1.61. The summed E-state index contributed by atoms with van der Waals surface area (Å²) in [5, 5.41) is 10.9. The number of nitrogens with one attached hydrogen (secondary N) is 1. The molecule has 0 spiro atoms. The van der Waals surface area contributed by atoms with Crippen molar-refractivity contribution in [3.8, 4) is 11.5 Å². The molecule has 0 atom stereocenters. The van der Waals surface area contributed by atoms with Crippen LogP contribution in [0, 0.1) is 13.8 Å². The Bertz CT molecular complexity index is 1060. The highest BCUT2D eigenvalue weighted by Crippen LogP contribution is 2.27. The van der Waals surface area contributed by atoms with Gasteiger partial charge in [0, 0.05) is 5.56 Å². The molecule has 0 fully saturated rings. The molecule has 1 heterocycles. The maximum Gasteiger partial charge on any atom is 0.322 e. The van der Waals surface area contributed by atoms with Gasteiger partial charge in [-0.05, 0) is 37.1 Å². The van der Waals surface area contributed by atoms with E-state index < -0.39 is 5.92 Å². The predicted octanol–water partition coefficient (Wildman–Crippen LogP) is 5.12. The molecule has 1 N–H and O–H groups in total. The van der Waals surface area contributed by atoms with Gasteiger partial charge in [0.05, 0.1) is 5.92 Å². The summed E-state index contributed by atoms with van der Waals surface area (Å²) in [7, 11) is 0. The van der Waals surface area contributed by atoms with Crippen molar-refractivity contribution in [1.29, 1.82) is 0 Å². The minimum atomic E-state index is -0.478. The Labute approximate surface area is 169 Å². The topological polar surface area (TPSA) is 68.0 Å². The Morgan fingerprint density at radius 2 is 1.38 bits per heavy atom. The lowest BCUT2D eigenvalue weighted by atomic mass is 9.90. The van der Waals surface area contributed by atoms with Gasteiger partial charge in [-0.1, -0.05) is 83.0 Å². The molecule has 1 amide bonds. The van der Waals surface area contributed by atoms with Gasteiger partial charge in [0.1, 0.15) is 0 Å². The standard InChI is InChI=1S/C24H21N3O2/c1-16-13-17(2)15-20(14-16)23-26-27-24(29-23)25-22(28)21(18-9-5-3-6-10-18)19-11-7-4-8-12-19/h3-15,21H,1-2H3,(H,25,27,28). The normalized spacial score (nSPS) is 10.9. The Morgan fingerprint density at radius 1 is 0.828 bits per heavy atom. The lowest BCUT2D eigenvalue weighted by molar-refractivity contribution is -0.116. The van der Waals surface area contributed by atoms with Gasteiger partial charge in [0.15, 0.2) is 0 Å². The summed E-state index contributed by atoms with van der Waals surface area (Å²) in [5.74, 6) is -0.324. The first-order chi connectivity index (χ1) is 14.1. The number of aryl methyl sites for hydroxylation is 2. The van der Waals surface area contributed by atoms with Gasteiger partial charge in [-0.3, -0.25) is 10.1 Å². The number of aromatic nitrogens is 2. The van der Waals surface area contributed by atoms with Crippen molar-refractivity contribution in [2.24, 2.45) is 0 Å². The average molecular weight is 383 g/mol. The molecule has 5 heteroatoms. The van der Waals surface area contributed by atoms with Crippen LogP contribution in [0.15, 0.2) is 83.3 Å². The van der Waals surface area contributed by atoms with Crippen molar-refractivity contribution < 1.29 is 9.21 Å². The first-order valence-corrected chi connectivity index (χ1v) is 9.43. The third kappa shape index (κ3) is 4.24. The fourth-order valence-electron chi connectivity index (χ4n) is 3.45. The molecule has 144 valence electrons. The lowest BCUT2D eigenvalue weighted by Crippen LogP contribution is -2.22. The summed E-state index contributed by atoms with van der Waals surface area (Å²) in [6.07, 6.45) is 0. The molecule has 0 aliphatic heterocycles. The SMILES string of the molecule is Cc1cc(C)cc(-c2nnc(NC(=O)C(c3ccccc3)c3ccccc3)o2)c1. The minimum absolute atomic E-state index is 0.0843. The average Bonchev–Trinajstić information content (AvgIpc) is 3.18. The maximum atomic E-state index is 13.1. The zero-order valence-corrected chi connectivity index (χ0v) is 16.3. The van der Waals surface area contributed by atoms with Gasteiger partial charge in [-0.25, -0.2) is 0 Å². The van der Waals surface area contributed by atoms with Crippen LogP contribution in [0.5, 0.6) is 0 Å². The van der Waals surface area contributed by atoms with Gasteiger partial charge < -0.3 is 4.42 Å². The van der Waals surface area contributed by atoms with Crippen molar-refractivity contribution in [2.45, 2.75) is 19.8 Å². The van der Waals surface area contributed by atoms with Crippen molar-refractivity contribution >= 4 is 11.9 Å². The van der Waals surface area contributed by atoms with Gasteiger partial charge >= 0.3 is 6.01 Å². The van der Waals surface area contributed by atoms with E-state index in [1.165, 1.54) is 0 Å².